The predicted octanol–water partition coefficient (Wildman–Crippen LogP) is 1.89. The number of piperazine rings is 1. The highest BCUT2D eigenvalue weighted by Crippen LogP contribution is 2.32. The van der Waals surface area contributed by atoms with Crippen LogP contribution in [0.2, 0.25) is 0 Å². The van der Waals surface area contributed by atoms with E-state index < -0.39 is 0 Å². The third kappa shape index (κ3) is 5.74. The predicted molar refractivity (Wildman–Crippen MR) is 123 cm³/mol. The number of hydrogen-bond acceptors (Lipinski definition) is 8. The van der Waals surface area contributed by atoms with Crippen LogP contribution in [0.4, 0.5) is 5.95 Å². The van der Waals surface area contributed by atoms with Crippen LogP contribution in [-0.4, -0.2) is 69.4 Å². The van der Waals surface area contributed by atoms with Gasteiger partial charge in [-0.25, -0.2) is 15.0 Å². The molecule has 1 aliphatic rings. The van der Waals surface area contributed by atoms with Crippen molar-refractivity contribution in [1.82, 2.24) is 29.7 Å². The summed E-state index contributed by atoms with van der Waals surface area (Å²) in [6.45, 7) is 6.75. The number of methoxy groups -OCH3 is 1. The lowest BCUT2D eigenvalue weighted by molar-refractivity contribution is 0.244. The van der Waals surface area contributed by atoms with Crippen LogP contribution in [0.3, 0.4) is 0 Å². The first-order valence-corrected chi connectivity index (χ1v) is 11.0. The highest BCUT2D eigenvalue weighted by atomic mass is 16.5. The second-order valence-electron chi connectivity index (χ2n) is 7.95. The Labute approximate surface area is 188 Å². The molecule has 9 nitrogen and oxygen atoms in total. The Kier molecular flexibility index (Phi) is 7.52. The Bertz CT molecular complexity index is 958. The van der Waals surface area contributed by atoms with Gasteiger partial charge in [-0.2, -0.15) is 0 Å². The Morgan fingerprint density at radius 2 is 1.91 bits per heavy atom. The van der Waals surface area contributed by atoms with Gasteiger partial charge in [0.05, 0.1) is 13.4 Å². The summed E-state index contributed by atoms with van der Waals surface area (Å²) >= 11 is 0. The molecule has 0 unspecified atom stereocenters. The number of hydrogen-bond donors (Lipinski definition) is 2. The minimum atomic E-state index is 0.227. The molecule has 1 saturated heterocycles. The second kappa shape index (κ2) is 10.9. The number of ether oxygens (including phenoxy) is 1. The van der Waals surface area contributed by atoms with E-state index in [1.54, 1.807) is 25.7 Å². The summed E-state index contributed by atoms with van der Waals surface area (Å²) in [6.07, 6.45) is 10.2. The van der Waals surface area contributed by atoms with Crippen LogP contribution in [0, 0.1) is 0 Å². The number of rotatable bonds is 10. The third-order valence-corrected chi connectivity index (χ3v) is 5.69. The molecule has 0 saturated carbocycles. The van der Waals surface area contributed by atoms with Gasteiger partial charge in [0.2, 0.25) is 5.95 Å². The van der Waals surface area contributed by atoms with Crippen molar-refractivity contribution in [3.8, 4) is 11.5 Å². The molecule has 4 rings (SSSR count). The smallest absolute Gasteiger partial charge is 0.225 e. The molecule has 170 valence electrons. The number of aryl methyl sites for hydroxylation is 1. The maximum absolute atomic E-state index is 10.7. The van der Waals surface area contributed by atoms with Gasteiger partial charge in [-0.05, 0) is 36.7 Å². The van der Waals surface area contributed by atoms with Crippen LogP contribution in [0.5, 0.6) is 11.5 Å². The first-order chi connectivity index (χ1) is 15.7. The molecule has 0 atom stereocenters. The lowest BCUT2D eigenvalue weighted by atomic mass is 10.1. The molecular weight excluding hydrogens is 406 g/mol. The zero-order valence-corrected chi connectivity index (χ0v) is 18.5. The van der Waals surface area contributed by atoms with Crippen molar-refractivity contribution in [2.45, 2.75) is 26.1 Å². The summed E-state index contributed by atoms with van der Waals surface area (Å²) in [5.74, 6) is 1.52. The minimum Gasteiger partial charge on any atom is -0.504 e. The molecule has 3 heterocycles. The number of nitrogens with zero attached hydrogens (tertiary/aromatic N) is 6. The van der Waals surface area contributed by atoms with Crippen LogP contribution >= 0.6 is 0 Å². The maximum Gasteiger partial charge on any atom is 0.225 e. The lowest BCUT2D eigenvalue weighted by Gasteiger charge is -2.34. The molecule has 9 heteroatoms. The minimum absolute atomic E-state index is 0.227. The van der Waals surface area contributed by atoms with E-state index in [0.29, 0.717) is 12.3 Å². The van der Waals surface area contributed by atoms with E-state index in [-0.39, 0.29) is 5.75 Å². The molecule has 0 bridgehead atoms. The van der Waals surface area contributed by atoms with Gasteiger partial charge in [0.15, 0.2) is 11.5 Å². The fourth-order valence-corrected chi connectivity index (χ4v) is 3.95. The normalized spacial score (nSPS) is 14.6. The lowest BCUT2D eigenvalue weighted by Crippen LogP contribution is -2.46. The van der Waals surface area contributed by atoms with E-state index in [2.05, 4.69) is 40.7 Å². The van der Waals surface area contributed by atoms with Crippen LogP contribution in [0.15, 0.2) is 49.3 Å². The Morgan fingerprint density at radius 1 is 1.09 bits per heavy atom. The fourth-order valence-electron chi connectivity index (χ4n) is 3.95. The monoisotopic (exact) mass is 437 g/mol. The highest BCUT2D eigenvalue weighted by molar-refractivity contribution is 5.48. The van der Waals surface area contributed by atoms with Crippen molar-refractivity contribution < 1.29 is 9.84 Å². The molecule has 1 aromatic carbocycles. The van der Waals surface area contributed by atoms with Gasteiger partial charge in [0.25, 0.3) is 0 Å². The summed E-state index contributed by atoms with van der Waals surface area (Å²) in [6, 6.07) is 5.82. The van der Waals surface area contributed by atoms with Crippen molar-refractivity contribution in [2.24, 2.45) is 0 Å². The molecule has 2 aromatic heterocycles. The number of nitrogens with one attached hydrogen (secondary N) is 1. The van der Waals surface area contributed by atoms with Gasteiger partial charge < -0.3 is 24.6 Å². The Balaban J connectivity index is 1.30. The van der Waals surface area contributed by atoms with Gasteiger partial charge >= 0.3 is 0 Å². The van der Waals surface area contributed by atoms with E-state index in [4.69, 9.17) is 4.74 Å². The fraction of sp³-hybridized carbons (Fsp3) is 0.435. The number of benzene rings is 1. The second-order valence-corrected chi connectivity index (χ2v) is 7.95. The summed E-state index contributed by atoms with van der Waals surface area (Å²) in [7, 11) is 1.60. The van der Waals surface area contributed by atoms with E-state index in [1.807, 2.05) is 24.7 Å². The molecule has 32 heavy (non-hydrogen) atoms. The molecule has 3 aromatic rings. The highest BCUT2D eigenvalue weighted by Gasteiger charge is 2.21. The average Bonchev–Trinajstić information content (AvgIpc) is 3.35. The van der Waals surface area contributed by atoms with Crippen LogP contribution < -0.4 is 15.0 Å². The van der Waals surface area contributed by atoms with Crippen LogP contribution in [0.25, 0.3) is 0 Å². The standard InChI is InChI=1S/C23H31N7O2/c1-32-21-15-19(16-24-4-3-8-29-9-7-25-18-29)14-20(22(21)31)17-28-10-12-30(13-11-28)23-26-5-2-6-27-23/h2,5-7,9,14-15,18,24,31H,3-4,8,10-13,16-17H2,1H3. The van der Waals surface area contributed by atoms with Crippen LogP contribution in [-0.2, 0) is 19.6 Å². The molecular formula is C23H31N7O2. The summed E-state index contributed by atoms with van der Waals surface area (Å²) < 4.78 is 7.51. The van der Waals surface area contributed by atoms with Gasteiger partial charge in [-0.15, -0.1) is 0 Å². The quantitative estimate of drug-likeness (QED) is 0.465. The van der Waals surface area contributed by atoms with Crippen molar-refractivity contribution in [3.05, 3.63) is 60.4 Å². The molecule has 0 spiro atoms. The number of anilines is 1. The summed E-state index contributed by atoms with van der Waals surface area (Å²) in [5.41, 5.74) is 2.00. The van der Waals surface area contributed by atoms with E-state index in [1.165, 1.54) is 0 Å². The summed E-state index contributed by atoms with van der Waals surface area (Å²) in [4.78, 5) is 17.3. The zero-order chi connectivity index (χ0) is 22.2. The third-order valence-electron chi connectivity index (χ3n) is 5.69. The Hall–Kier alpha value is -3.17. The number of aromatic nitrogens is 4. The number of phenols is 1. The molecule has 1 fully saturated rings. The molecule has 1 aliphatic heterocycles. The van der Waals surface area contributed by atoms with E-state index in [9.17, 15) is 5.11 Å². The number of phenolic OH excluding ortho intramolecular Hbond substituents is 1. The van der Waals surface area contributed by atoms with Gasteiger partial charge in [-0.1, -0.05) is 0 Å². The maximum atomic E-state index is 10.7. The molecule has 0 amide bonds. The van der Waals surface area contributed by atoms with E-state index >= 15 is 0 Å². The van der Waals surface area contributed by atoms with Gasteiger partial charge in [0, 0.05) is 76.2 Å². The van der Waals surface area contributed by atoms with Crippen LogP contribution in [0.1, 0.15) is 17.5 Å². The number of imidazole rings is 1. The summed E-state index contributed by atoms with van der Waals surface area (Å²) in [5, 5.41) is 14.2. The first-order valence-electron chi connectivity index (χ1n) is 11.0. The van der Waals surface area contributed by atoms with Gasteiger partial charge in [0.1, 0.15) is 0 Å². The van der Waals surface area contributed by atoms with Crippen molar-refractivity contribution >= 4 is 5.95 Å². The number of aromatic hydroxyl groups is 1. The van der Waals surface area contributed by atoms with E-state index in [0.717, 1.165) is 69.3 Å². The average molecular weight is 438 g/mol. The van der Waals surface area contributed by atoms with Crippen molar-refractivity contribution in [3.63, 3.8) is 0 Å². The van der Waals surface area contributed by atoms with Gasteiger partial charge in [-0.3, -0.25) is 4.90 Å². The van der Waals surface area contributed by atoms with Crippen molar-refractivity contribution in [1.29, 1.82) is 0 Å². The largest absolute Gasteiger partial charge is 0.504 e. The topological polar surface area (TPSA) is 91.6 Å². The SMILES string of the molecule is COc1cc(CNCCCn2ccnc2)cc(CN2CCN(c3ncccn3)CC2)c1O. The molecule has 0 aliphatic carbocycles. The first kappa shape index (κ1) is 22.0. The molecule has 0 radical (unpaired) electrons. The molecule has 2 N–H and O–H groups in total. The zero-order valence-electron chi connectivity index (χ0n) is 18.5. The van der Waals surface area contributed by atoms with Crippen molar-refractivity contribution in [2.75, 3.05) is 44.7 Å². The Morgan fingerprint density at radius 3 is 2.62 bits per heavy atom.